The summed E-state index contributed by atoms with van der Waals surface area (Å²) < 4.78 is 22.9. The van der Waals surface area contributed by atoms with Gasteiger partial charge in [-0.3, -0.25) is 0 Å². The fraction of sp³-hybridized carbons (Fsp3) is 0.316. The minimum Gasteiger partial charge on any atom is -0.370 e. The predicted molar refractivity (Wildman–Crippen MR) is 104 cm³/mol. The number of amides is 2. The topological polar surface area (TPSA) is 78.5 Å². The molecule has 0 aromatic heterocycles. The second kappa shape index (κ2) is 7.78. The molecule has 1 atom stereocenters. The highest BCUT2D eigenvalue weighted by Gasteiger charge is 2.28. The van der Waals surface area contributed by atoms with Crippen LogP contribution in [0.1, 0.15) is 12.0 Å². The lowest BCUT2D eigenvalue weighted by Crippen LogP contribution is -2.38. The number of urea groups is 1. The first kappa shape index (κ1) is 18.3. The summed E-state index contributed by atoms with van der Waals surface area (Å²) >= 11 is 0. The molecular weight excluding hydrogens is 350 g/mol. The number of benzene rings is 2. The van der Waals surface area contributed by atoms with E-state index in [1.807, 2.05) is 49.5 Å². The Bertz CT molecular complexity index is 851. The molecule has 1 unspecified atom stereocenters. The number of nitrogens with one attached hydrogen (secondary N) is 2. The van der Waals surface area contributed by atoms with Gasteiger partial charge in [0.25, 0.3) is 0 Å². The Morgan fingerprint density at radius 2 is 1.81 bits per heavy atom. The van der Waals surface area contributed by atoms with E-state index in [4.69, 9.17) is 0 Å². The maximum absolute atomic E-state index is 12.0. The van der Waals surface area contributed by atoms with Gasteiger partial charge < -0.3 is 15.5 Å². The van der Waals surface area contributed by atoms with Crippen molar-refractivity contribution < 1.29 is 13.2 Å². The number of sulfone groups is 1. The van der Waals surface area contributed by atoms with Crippen molar-refractivity contribution in [1.29, 1.82) is 0 Å². The highest BCUT2D eigenvalue weighted by atomic mass is 32.2. The number of nitrogens with zero attached hydrogens (tertiary/aromatic N) is 1. The smallest absolute Gasteiger partial charge is 0.319 e. The second-order valence-corrected chi connectivity index (χ2v) is 8.82. The van der Waals surface area contributed by atoms with Gasteiger partial charge in [-0.05, 0) is 36.2 Å². The summed E-state index contributed by atoms with van der Waals surface area (Å²) in [5.41, 5.74) is 2.94. The van der Waals surface area contributed by atoms with Crippen LogP contribution in [0.2, 0.25) is 0 Å². The van der Waals surface area contributed by atoms with E-state index in [9.17, 15) is 13.2 Å². The monoisotopic (exact) mass is 373 g/mol. The third kappa shape index (κ3) is 4.98. The van der Waals surface area contributed by atoms with Gasteiger partial charge >= 0.3 is 6.03 Å². The summed E-state index contributed by atoms with van der Waals surface area (Å²) in [5, 5.41) is 5.46. The molecule has 1 fully saturated rings. The first-order chi connectivity index (χ1) is 12.4. The van der Waals surface area contributed by atoms with E-state index in [2.05, 4.69) is 27.7 Å². The van der Waals surface area contributed by atoms with E-state index < -0.39 is 9.84 Å². The summed E-state index contributed by atoms with van der Waals surface area (Å²) in [6.45, 7) is 0.796. The molecule has 1 saturated heterocycles. The van der Waals surface area contributed by atoms with Crippen LogP contribution in [0.3, 0.4) is 0 Å². The van der Waals surface area contributed by atoms with E-state index in [0.717, 1.165) is 12.2 Å². The Hall–Kier alpha value is -2.54. The van der Waals surface area contributed by atoms with Crippen LogP contribution in [-0.2, 0) is 16.4 Å². The summed E-state index contributed by atoms with van der Waals surface area (Å²) in [6, 6.07) is 17.1. The van der Waals surface area contributed by atoms with Gasteiger partial charge in [-0.15, -0.1) is 0 Å². The lowest BCUT2D eigenvalue weighted by atomic mass is 10.2. The van der Waals surface area contributed by atoms with Crippen LogP contribution in [0.15, 0.2) is 54.6 Å². The van der Waals surface area contributed by atoms with Crippen LogP contribution in [0.4, 0.5) is 16.2 Å². The molecule has 3 rings (SSSR count). The molecule has 1 heterocycles. The van der Waals surface area contributed by atoms with Crippen LogP contribution in [-0.4, -0.2) is 39.0 Å². The zero-order valence-corrected chi connectivity index (χ0v) is 15.5. The van der Waals surface area contributed by atoms with Crippen molar-refractivity contribution in [1.82, 2.24) is 5.32 Å². The van der Waals surface area contributed by atoms with Crippen LogP contribution in [0.25, 0.3) is 0 Å². The molecule has 0 radical (unpaired) electrons. The molecule has 138 valence electrons. The molecule has 0 aliphatic carbocycles. The molecule has 0 spiro atoms. The molecule has 2 amide bonds. The quantitative estimate of drug-likeness (QED) is 0.845. The van der Waals surface area contributed by atoms with Gasteiger partial charge in [0.05, 0.1) is 11.5 Å². The van der Waals surface area contributed by atoms with Gasteiger partial charge in [-0.2, -0.15) is 0 Å². The maximum atomic E-state index is 12.0. The lowest BCUT2D eigenvalue weighted by Gasteiger charge is -2.20. The van der Waals surface area contributed by atoms with Gasteiger partial charge in [0.15, 0.2) is 9.84 Å². The number of rotatable bonds is 5. The van der Waals surface area contributed by atoms with Crippen molar-refractivity contribution in [3.05, 3.63) is 60.2 Å². The number of carbonyl (C=O) groups is 1. The van der Waals surface area contributed by atoms with Crippen LogP contribution < -0.4 is 15.5 Å². The van der Waals surface area contributed by atoms with Crippen LogP contribution >= 0.6 is 0 Å². The highest BCUT2D eigenvalue weighted by Crippen LogP contribution is 2.19. The number of anilines is 2. The molecule has 7 heteroatoms. The Morgan fingerprint density at radius 1 is 1.12 bits per heavy atom. The first-order valence-electron chi connectivity index (χ1n) is 8.54. The fourth-order valence-electron chi connectivity index (χ4n) is 3.01. The van der Waals surface area contributed by atoms with Gasteiger partial charge in [0.1, 0.15) is 0 Å². The minimum atomic E-state index is -3.00. The van der Waals surface area contributed by atoms with Gasteiger partial charge in [0, 0.05) is 31.0 Å². The van der Waals surface area contributed by atoms with Crippen molar-refractivity contribution >= 4 is 27.2 Å². The summed E-state index contributed by atoms with van der Waals surface area (Å²) in [4.78, 5) is 14.1. The van der Waals surface area contributed by atoms with E-state index in [1.165, 1.54) is 5.56 Å². The zero-order chi connectivity index (χ0) is 18.6. The Morgan fingerprint density at radius 3 is 2.42 bits per heavy atom. The molecule has 26 heavy (non-hydrogen) atoms. The molecule has 0 bridgehead atoms. The molecule has 0 saturated carbocycles. The van der Waals surface area contributed by atoms with E-state index in [1.54, 1.807) is 0 Å². The third-order valence-corrected chi connectivity index (χ3v) is 6.16. The van der Waals surface area contributed by atoms with Crippen LogP contribution in [0.5, 0.6) is 0 Å². The molecule has 2 N–H and O–H groups in total. The summed E-state index contributed by atoms with van der Waals surface area (Å²) in [6.07, 6.45) is 0.471. The SMILES string of the molecule is CN(Cc1ccccc1)c1ccc(NC(=O)NC2CCS(=O)(=O)C2)cc1. The van der Waals surface area contributed by atoms with Gasteiger partial charge in [-0.1, -0.05) is 30.3 Å². The standard InChI is InChI=1S/C19H23N3O3S/c1-22(13-15-5-3-2-4-6-15)18-9-7-16(8-10-18)20-19(23)21-17-11-12-26(24,25)14-17/h2-10,17H,11-14H2,1H3,(H2,20,21,23). The van der Waals surface area contributed by atoms with Gasteiger partial charge in [0.2, 0.25) is 0 Å². The molecular formula is C19H23N3O3S. The fourth-order valence-corrected chi connectivity index (χ4v) is 4.68. The Balaban J connectivity index is 1.53. The normalized spacial score (nSPS) is 18.3. The van der Waals surface area contributed by atoms with Crippen molar-refractivity contribution in [3.63, 3.8) is 0 Å². The predicted octanol–water partition coefficient (Wildman–Crippen LogP) is 2.63. The zero-order valence-electron chi connectivity index (χ0n) is 14.7. The van der Waals surface area contributed by atoms with Gasteiger partial charge in [-0.25, -0.2) is 13.2 Å². The first-order valence-corrected chi connectivity index (χ1v) is 10.4. The van der Waals surface area contributed by atoms with Crippen LogP contribution in [0, 0.1) is 0 Å². The third-order valence-electron chi connectivity index (χ3n) is 4.40. The largest absolute Gasteiger partial charge is 0.370 e. The minimum absolute atomic E-state index is 0.0175. The van der Waals surface area contributed by atoms with E-state index in [0.29, 0.717) is 12.1 Å². The maximum Gasteiger partial charge on any atom is 0.319 e. The molecule has 1 aliphatic rings. The molecule has 6 nitrogen and oxygen atoms in total. The average Bonchev–Trinajstić information content (AvgIpc) is 2.94. The average molecular weight is 373 g/mol. The summed E-state index contributed by atoms with van der Waals surface area (Å²) in [7, 11) is -0.986. The van der Waals surface area contributed by atoms with Crippen molar-refractivity contribution in [2.24, 2.45) is 0 Å². The van der Waals surface area contributed by atoms with E-state index >= 15 is 0 Å². The van der Waals surface area contributed by atoms with Crippen molar-refractivity contribution in [2.45, 2.75) is 19.0 Å². The lowest BCUT2D eigenvalue weighted by molar-refractivity contribution is 0.249. The van der Waals surface area contributed by atoms with Crippen molar-refractivity contribution in [3.8, 4) is 0 Å². The number of carbonyl (C=O) groups excluding carboxylic acids is 1. The Labute approximate surface area is 154 Å². The molecule has 2 aromatic rings. The number of hydrogen-bond acceptors (Lipinski definition) is 4. The summed E-state index contributed by atoms with van der Waals surface area (Å²) in [5.74, 6) is 0.157. The molecule has 2 aromatic carbocycles. The molecule has 1 aliphatic heterocycles. The Kier molecular flexibility index (Phi) is 5.46. The highest BCUT2D eigenvalue weighted by molar-refractivity contribution is 7.91. The van der Waals surface area contributed by atoms with E-state index in [-0.39, 0.29) is 23.6 Å². The second-order valence-electron chi connectivity index (χ2n) is 6.59. The number of hydrogen-bond donors (Lipinski definition) is 2. The van der Waals surface area contributed by atoms with Crippen molar-refractivity contribution in [2.75, 3.05) is 28.8 Å².